The number of aryl methyl sites for hydroxylation is 2. The van der Waals surface area contributed by atoms with Gasteiger partial charge in [0.1, 0.15) is 0 Å². The molecule has 2 aromatic rings. The minimum absolute atomic E-state index is 0.116. The smallest absolute Gasteiger partial charge is 0.306 e. The predicted molar refractivity (Wildman–Crippen MR) is 112 cm³/mol. The van der Waals surface area contributed by atoms with E-state index in [1.165, 1.54) is 25.6 Å². The first-order valence-electron chi connectivity index (χ1n) is 9.21. The summed E-state index contributed by atoms with van der Waals surface area (Å²) in [5, 5.41) is 3.34. The zero-order chi connectivity index (χ0) is 21.6. The third-order valence-corrected chi connectivity index (χ3v) is 4.95. The standard InChI is InChI=1S/C21H25N3O4S/c1-12-16(13(2)23-21(22-12)29-5)10-11-19(26)28-15(4)20(27)24-18-9-7-6-8-17(18)14(3)25/h6-9,15H,10-11H2,1-5H3,(H,24,27)/t15-/m0/s1. The summed E-state index contributed by atoms with van der Waals surface area (Å²) in [5.74, 6) is -1.14. The van der Waals surface area contributed by atoms with Crippen molar-refractivity contribution in [3.8, 4) is 0 Å². The van der Waals surface area contributed by atoms with E-state index in [-0.39, 0.29) is 12.2 Å². The Morgan fingerprint density at radius 3 is 2.34 bits per heavy atom. The summed E-state index contributed by atoms with van der Waals surface area (Å²) in [6, 6.07) is 6.69. The van der Waals surface area contributed by atoms with Crippen LogP contribution in [0.3, 0.4) is 0 Å². The molecule has 1 heterocycles. The van der Waals surface area contributed by atoms with Gasteiger partial charge in [0.15, 0.2) is 17.0 Å². The van der Waals surface area contributed by atoms with Gasteiger partial charge in [-0.25, -0.2) is 9.97 Å². The van der Waals surface area contributed by atoms with Gasteiger partial charge in [-0.2, -0.15) is 0 Å². The number of benzene rings is 1. The highest BCUT2D eigenvalue weighted by Crippen LogP contribution is 2.18. The second-order valence-corrected chi connectivity index (χ2v) is 7.36. The number of rotatable bonds is 8. The van der Waals surface area contributed by atoms with Crippen LogP contribution in [0, 0.1) is 13.8 Å². The molecule has 154 valence electrons. The molecule has 0 unspecified atom stereocenters. The minimum Gasteiger partial charge on any atom is -0.453 e. The summed E-state index contributed by atoms with van der Waals surface area (Å²) in [5.41, 5.74) is 3.37. The summed E-state index contributed by atoms with van der Waals surface area (Å²) in [4.78, 5) is 45.0. The number of thioether (sulfide) groups is 1. The lowest BCUT2D eigenvalue weighted by atomic mass is 10.1. The molecule has 0 saturated carbocycles. The fourth-order valence-corrected chi connectivity index (χ4v) is 3.29. The number of nitrogens with zero attached hydrogens (tertiary/aromatic N) is 2. The molecule has 0 saturated heterocycles. The lowest BCUT2D eigenvalue weighted by molar-refractivity contribution is -0.153. The first kappa shape index (κ1) is 22.5. The molecule has 1 atom stereocenters. The summed E-state index contributed by atoms with van der Waals surface area (Å²) < 4.78 is 5.25. The molecule has 0 spiro atoms. The number of esters is 1. The van der Waals surface area contributed by atoms with Crippen molar-refractivity contribution in [3.63, 3.8) is 0 Å². The van der Waals surface area contributed by atoms with E-state index in [4.69, 9.17) is 4.74 Å². The number of hydrogen-bond acceptors (Lipinski definition) is 7. The van der Waals surface area contributed by atoms with Gasteiger partial charge in [0, 0.05) is 23.4 Å². The van der Waals surface area contributed by atoms with Crippen LogP contribution in [0.4, 0.5) is 5.69 Å². The van der Waals surface area contributed by atoms with E-state index in [0.717, 1.165) is 17.0 Å². The van der Waals surface area contributed by atoms with Crippen LogP contribution in [0.15, 0.2) is 29.4 Å². The van der Waals surface area contributed by atoms with Crippen LogP contribution >= 0.6 is 11.8 Å². The van der Waals surface area contributed by atoms with Crippen molar-refractivity contribution in [1.29, 1.82) is 0 Å². The monoisotopic (exact) mass is 415 g/mol. The second kappa shape index (κ2) is 10.2. The van der Waals surface area contributed by atoms with Gasteiger partial charge in [0.25, 0.3) is 5.91 Å². The SMILES string of the molecule is CSc1nc(C)c(CCC(=O)O[C@@H](C)C(=O)Nc2ccccc2C(C)=O)c(C)n1. The van der Waals surface area contributed by atoms with Crippen molar-refractivity contribution in [2.24, 2.45) is 0 Å². The molecule has 0 aliphatic carbocycles. The van der Waals surface area contributed by atoms with E-state index < -0.39 is 18.0 Å². The van der Waals surface area contributed by atoms with Gasteiger partial charge >= 0.3 is 5.97 Å². The van der Waals surface area contributed by atoms with Gasteiger partial charge in [-0.15, -0.1) is 0 Å². The molecule has 0 bridgehead atoms. The highest BCUT2D eigenvalue weighted by molar-refractivity contribution is 7.98. The Bertz CT molecular complexity index is 907. The van der Waals surface area contributed by atoms with Gasteiger partial charge < -0.3 is 10.1 Å². The number of aromatic nitrogens is 2. The number of nitrogens with one attached hydrogen (secondary N) is 1. The fraction of sp³-hybridized carbons (Fsp3) is 0.381. The summed E-state index contributed by atoms with van der Waals surface area (Å²) >= 11 is 1.47. The first-order chi connectivity index (χ1) is 13.7. The molecule has 1 aromatic carbocycles. The maximum Gasteiger partial charge on any atom is 0.306 e. The normalized spacial score (nSPS) is 11.6. The molecule has 1 N–H and O–H groups in total. The molecular weight excluding hydrogens is 390 g/mol. The lowest BCUT2D eigenvalue weighted by Crippen LogP contribution is -2.30. The van der Waals surface area contributed by atoms with Crippen LogP contribution in [-0.4, -0.2) is 40.0 Å². The van der Waals surface area contributed by atoms with Crippen LogP contribution < -0.4 is 5.32 Å². The Hall–Kier alpha value is -2.74. The number of carbonyl (C=O) groups excluding carboxylic acids is 3. The quantitative estimate of drug-likeness (QED) is 0.305. The number of carbonyl (C=O) groups is 3. The van der Waals surface area contributed by atoms with Gasteiger partial charge in [-0.1, -0.05) is 23.9 Å². The summed E-state index contributed by atoms with van der Waals surface area (Å²) in [7, 11) is 0. The van der Waals surface area contributed by atoms with Crippen molar-refractivity contribution < 1.29 is 19.1 Å². The molecule has 2 rings (SSSR count). The number of para-hydroxylation sites is 1. The summed E-state index contributed by atoms with van der Waals surface area (Å²) in [6.45, 7) is 6.69. The van der Waals surface area contributed by atoms with E-state index in [0.29, 0.717) is 22.8 Å². The molecule has 0 aliphatic heterocycles. The maximum atomic E-state index is 12.4. The Balaban J connectivity index is 1.94. The number of amides is 1. The topological polar surface area (TPSA) is 98.2 Å². The van der Waals surface area contributed by atoms with Crippen molar-refractivity contribution in [1.82, 2.24) is 9.97 Å². The Morgan fingerprint density at radius 2 is 1.76 bits per heavy atom. The Labute approximate surface area is 174 Å². The van der Waals surface area contributed by atoms with E-state index in [9.17, 15) is 14.4 Å². The van der Waals surface area contributed by atoms with Crippen LogP contribution in [0.25, 0.3) is 0 Å². The average molecular weight is 416 g/mol. The Kier molecular flexibility index (Phi) is 7.90. The van der Waals surface area contributed by atoms with Crippen LogP contribution in [0.1, 0.15) is 47.6 Å². The highest BCUT2D eigenvalue weighted by atomic mass is 32.2. The molecule has 8 heteroatoms. The van der Waals surface area contributed by atoms with Crippen LogP contribution in [-0.2, 0) is 20.7 Å². The third-order valence-electron chi connectivity index (χ3n) is 4.40. The van der Waals surface area contributed by atoms with Gasteiger partial charge in [-0.05, 0) is 58.1 Å². The molecule has 0 fully saturated rings. The van der Waals surface area contributed by atoms with Crippen molar-refractivity contribution in [3.05, 3.63) is 46.8 Å². The highest BCUT2D eigenvalue weighted by Gasteiger charge is 2.20. The lowest BCUT2D eigenvalue weighted by Gasteiger charge is -2.15. The van der Waals surface area contributed by atoms with E-state index in [2.05, 4.69) is 15.3 Å². The number of anilines is 1. The molecule has 0 radical (unpaired) electrons. The molecule has 1 aromatic heterocycles. The zero-order valence-corrected chi connectivity index (χ0v) is 18.1. The minimum atomic E-state index is -0.986. The molecule has 1 amide bonds. The molecule has 7 nitrogen and oxygen atoms in total. The van der Waals surface area contributed by atoms with Gasteiger partial charge in [-0.3, -0.25) is 14.4 Å². The van der Waals surface area contributed by atoms with Gasteiger partial charge in [0.05, 0.1) is 5.69 Å². The van der Waals surface area contributed by atoms with E-state index in [1.54, 1.807) is 24.3 Å². The number of Topliss-reactive ketones (excluding diaryl/α,β-unsaturated/α-hetero) is 1. The predicted octanol–water partition coefficient (Wildman–Crippen LogP) is 3.52. The van der Waals surface area contributed by atoms with Crippen LogP contribution in [0.2, 0.25) is 0 Å². The van der Waals surface area contributed by atoms with Crippen molar-refractivity contribution >= 4 is 35.1 Å². The fourth-order valence-electron chi connectivity index (χ4n) is 2.83. The molecule has 29 heavy (non-hydrogen) atoms. The number of ether oxygens (including phenoxy) is 1. The van der Waals surface area contributed by atoms with Gasteiger partial charge in [0.2, 0.25) is 0 Å². The Morgan fingerprint density at radius 1 is 1.14 bits per heavy atom. The maximum absolute atomic E-state index is 12.4. The van der Waals surface area contributed by atoms with Crippen LogP contribution in [0.5, 0.6) is 0 Å². The average Bonchev–Trinajstić information content (AvgIpc) is 2.67. The largest absolute Gasteiger partial charge is 0.453 e. The van der Waals surface area contributed by atoms with E-state index >= 15 is 0 Å². The molecular formula is C21H25N3O4S. The molecule has 0 aliphatic rings. The summed E-state index contributed by atoms with van der Waals surface area (Å²) in [6.07, 6.45) is 1.48. The second-order valence-electron chi connectivity index (χ2n) is 6.58. The number of hydrogen-bond donors (Lipinski definition) is 1. The van der Waals surface area contributed by atoms with Crippen molar-refractivity contribution in [2.75, 3.05) is 11.6 Å². The third kappa shape index (κ3) is 6.12. The number of ketones is 1. The zero-order valence-electron chi connectivity index (χ0n) is 17.2. The van der Waals surface area contributed by atoms with E-state index in [1.807, 2.05) is 20.1 Å². The van der Waals surface area contributed by atoms with Crippen molar-refractivity contribution in [2.45, 2.75) is 51.8 Å². The first-order valence-corrected chi connectivity index (χ1v) is 10.4.